The first-order valence-corrected chi connectivity index (χ1v) is 4.04. The standard InChI is InChI=1S/C8H11N.C2H5N/c1-2-7-3-5-8(9)6-4-7;1-2-3/h3-6H,2,9H2,1H3;2-3H,1H3. The van der Waals surface area contributed by atoms with E-state index in [0.717, 1.165) is 12.1 Å². The molecule has 0 unspecified atom stereocenters. The summed E-state index contributed by atoms with van der Waals surface area (Å²) in [4.78, 5) is 0. The second-order valence-electron chi connectivity index (χ2n) is 2.38. The Bertz CT molecular complexity index is 214. The van der Waals surface area contributed by atoms with Crippen LogP contribution in [0.3, 0.4) is 0 Å². The van der Waals surface area contributed by atoms with Crippen molar-refractivity contribution >= 4 is 11.9 Å². The molecule has 0 aliphatic heterocycles. The molecule has 0 aliphatic rings. The monoisotopic (exact) mass is 164 g/mol. The maximum atomic E-state index is 6.08. The van der Waals surface area contributed by atoms with Gasteiger partial charge in [-0.3, -0.25) is 0 Å². The van der Waals surface area contributed by atoms with Crippen molar-refractivity contribution in [1.82, 2.24) is 0 Å². The lowest BCUT2D eigenvalue weighted by Gasteiger charge is -1.94. The van der Waals surface area contributed by atoms with Gasteiger partial charge in [-0.15, -0.1) is 0 Å². The van der Waals surface area contributed by atoms with Gasteiger partial charge in [0.15, 0.2) is 0 Å². The highest BCUT2D eigenvalue weighted by Crippen LogP contribution is 2.04. The second-order valence-corrected chi connectivity index (χ2v) is 2.38. The minimum atomic E-state index is 0.840. The molecule has 0 aliphatic carbocycles. The zero-order chi connectivity index (χ0) is 9.40. The number of nitrogens with one attached hydrogen (secondary N) is 1. The molecule has 2 heteroatoms. The molecule has 0 heterocycles. The summed E-state index contributed by atoms with van der Waals surface area (Å²) in [5.41, 5.74) is 7.66. The van der Waals surface area contributed by atoms with Gasteiger partial charge in [0.2, 0.25) is 0 Å². The average Bonchev–Trinajstić information content (AvgIpc) is 2.07. The van der Waals surface area contributed by atoms with E-state index in [2.05, 4.69) is 19.1 Å². The maximum Gasteiger partial charge on any atom is 0.0314 e. The summed E-state index contributed by atoms with van der Waals surface area (Å²) in [5.74, 6) is 0. The molecule has 0 saturated heterocycles. The lowest BCUT2D eigenvalue weighted by atomic mass is 10.2. The van der Waals surface area contributed by atoms with Crippen LogP contribution >= 0.6 is 0 Å². The Morgan fingerprint density at radius 1 is 1.33 bits per heavy atom. The molecule has 66 valence electrons. The van der Waals surface area contributed by atoms with Crippen LogP contribution in [0.2, 0.25) is 0 Å². The number of hydrogen-bond acceptors (Lipinski definition) is 2. The van der Waals surface area contributed by atoms with Crippen LogP contribution in [0.15, 0.2) is 24.3 Å². The molecule has 1 aromatic carbocycles. The number of nitrogens with two attached hydrogens (primary N) is 1. The van der Waals surface area contributed by atoms with Crippen LogP contribution in [-0.2, 0) is 6.42 Å². The van der Waals surface area contributed by atoms with Crippen LogP contribution in [0, 0.1) is 5.41 Å². The Labute approximate surface area is 73.9 Å². The van der Waals surface area contributed by atoms with Crippen molar-refractivity contribution in [2.75, 3.05) is 5.73 Å². The van der Waals surface area contributed by atoms with Gasteiger partial charge in [0, 0.05) is 5.69 Å². The number of aryl methyl sites for hydroxylation is 1. The summed E-state index contributed by atoms with van der Waals surface area (Å²) in [6.07, 6.45) is 2.33. The van der Waals surface area contributed by atoms with Gasteiger partial charge >= 0.3 is 0 Å². The molecule has 0 atom stereocenters. The molecule has 0 spiro atoms. The third kappa shape index (κ3) is 4.50. The fraction of sp³-hybridized carbons (Fsp3) is 0.300. The lowest BCUT2D eigenvalue weighted by molar-refractivity contribution is 1.14. The van der Waals surface area contributed by atoms with E-state index in [-0.39, 0.29) is 0 Å². The van der Waals surface area contributed by atoms with Crippen LogP contribution in [0.4, 0.5) is 5.69 Å². The fourth-order valence-corrected chi connectivity index (χ4v) is 0.753. The second kappa shape index (κ2) is 6.40. The number of nitrogen functional groups attached to an aromatic ring is 1. The molecule has 0 saturated carbocycles. The van der Waals surface area contributed by atoms with E-state index in [4.69, 9.17) is 11.1 Å². The Hall–Kier alpha value is -1.31. The SMILES string of the molecule is CC=N.CCc1ccc(N)cc1. The quantitative estimate of drug-likeness (QED) is 0.486. The van der Waals surface area contributed by atoms with Crippen LogP contribution in [0.25, 0.3) is 0 Å². The first-order chi connectivity index (χ1) is 5.74. The van der Waals surface area contributed by atoms with Crippen molar-refractivity contribution in [2.24, 2.45) is 0 Å². The van der Waals surface area contributed by atoms with E-state index in [1.165, 1.54) is 11.8 Å². The molecular weight excluding hydrogens is 148 g/mol. The summed E-state index contributed by atoms with van der Waals surface area (Å²) in [7, 11) is 0. The van der Waals surface area contributed by atoms with E-state index < -0.39 is 0 Å². The van der Waals surface area contributed by atoms with Crippen molar-refractivity contribution in [3.8, 4) is 0 Å². The number of rotatable bonds is 1. The molecule has 12 heavy (non-hydrogen) atoms. The summed E-state index contributed by atoms with van der Waals surface area (Å²) >= 11 is 0. The minimum absolute atomic E-state index is 0.840. The number of benzene rings is 1. The number of hydrogen-bond donors (Lipinski definition) is 2. The van der Waals surface area contributed by atoms with Crippen molar-refractivity contribution < 1.29 is 0 Å². The van der Waals surface area contributed by atoms with Crippen LogP contribution < -0.4 is 5.73 Å². The minimum Gasteiger partial charge on any atom is -0.399 e. The molecule has 0 radical (unpaired) electrons. The van der Waals surface area contributed by atoms with E-state index in [9.17, 15) is 0 Å². The maximum absolute atomic E-state index is 6.08. The molecule has 0 fully saturated rings. The highest BCUT2D eigenvalue weighted by atomic mass is 14.5. The predicted octanol–water partition coefficient (Wildman–Crippen LogP) is 2.49. The summed E-state index contributed by atoms with van der Waals surface area (Å²) < 4.78 is 0. The lowest BCUT2D eigenvalue weighted by Crippen LogP contribution is -1.84. The molecule has 0 aromatic heterocycles. The normalized spacial score (nSPS) is 8.17. The highest BCUT2D eigenvalue weighted by molar-refractivity contribution is 5.48. The van der Waals surface area contributed by atoms with Gasteiger partial charge in [-0.05, 0) is 37.3 Å². The van der Waals surface area contributed by atoms with E-state index in [1.807, 2.05) is 12.1 Å². The van der Waals surface area contributed by atoms with Gasteiger partial charge in [0.25, 0.3) is 0 Å². The Kier molecular flexibility index (Phi) is 5.70. The van der Waals surface area contributed by atoms with Gasteiger partial charge in [0.1, 0.15) is 0 Å². The first-order valence-electron chi connectivity index (χ1n) is 4.04. The van der Waals surface area contributed by atoms with Gasteiger partial charge in [-0.2, -0.15) is 0 Å². The molecule has 1 rings (SSSR count). The molecule has 3 N–H and O–H groups in total. The topological polar surface area (TPSA) is 49.9 Å². The molecular formula is C10H16N2. The van der Waals surface area contributed by atoms with Crippen molar-refractivity contribution in [3.05, 3.63) is 29.8 Å². The van der Waals surface area contributed by atoms with E-state index in [1.54, 1.807) is 6.92 Å². The Morgan fingerprint density at radius 2 is 1.75 bits per heavy atom. The predicted molar refractivity (Wildman–Crippen MR) is 54.7 cm³/mol. The Balaban J connectivity index is 0.000000354. The number of anilines is 1. The van der Waals surface area contributed by atoms with Gasteiger partial charge < -0.3 is 11.1 Å². The fourth-order valence-electron chi connectivity index (χ4n) is 0.753. The zero-order valence-corrected chi connectivity index (χ0v) is 7.67. The van der Waals surface area contributed by atoms with Gasteiger partial charge in [0.05, 0.1) is 0 Å². The summed E-state index contributed by atoms with van der Waals surface area (Å²) in [6, 6.07) is 7.96. The third-order valence-electron chi connectivity index (χ3n) is 1.39. The summed E-state index contributed by atoms with van der Waals surface area (Å²) in [5, 5.41) is 6.08. The van der Waals surface area contributed by atoms with Crippen LogP contribution in [0.1, 0.15) is 19.4 Å². The smallest absolute Gasteiger partial charge is 0.0314 e. The van der Waals surface area contributed by atoms with Gasteiger partial charge in [-0.25, -0.2) is 0 Å². The molecule has 0 amide bonds. The third-order valence-corrected chi connectivity index (χ3v) is 1.39. The first kappa shape index (κ1) is 10.7. The zero-order valence-electron chi connectivity index (χ0n) is 7.67. The van der Waals surface area contributed by atoms with Crippen LogP contribution in [0.5, 0.6) is 0 Å². The summed E-state index contributed by atoms with van der Waals surface area (Å²) in [6.45, 7) is 3.80. The highest BCUT2D eigenvalue weighted by Gasteiger charge is 1.85. The van der Waals surface area contributed by atoms with Crippen LogP contribution in [-0.4, -0.2) is 6.21 Å². The van der Waals surface area contributed by atoms with Crippen molar-refractivity contribution in [1.29, 1.82) is 5.41 Å². The van der Waals surface area contributed by atoms with Crippen molar-refractivity contribution in [3.63, 3.8) is 0 Å². The van der Waals surface area contributed by atoms with Crippen molar-refractivity contribution in [2.45, 2.75) is 20.3 Å². The van der Waals surface area contributed by atoms with E-state index in [0.29, 0.717) is 0 Å². The van der Waals surface area contributed by atoms with E-state index >= 15 is 0 Å². The molecule has 2 nitrogen and oxygen atoms in total. The molecule has 1 aromatic rings. The largest absolute Gasteiger partial charge is 0.399 e. The van der Waals surface area contributed by atoms with Gasteiger partial charge in [-0.1, -0.05) is 19.1 Å². The average molecular weight is 164 g/mol. The Morgan fingerprint density at radius 3 is 2.08 bits per heavy atom. The molecule has 0 bridgehead atoms.